The molecular weight excluding hydrogens is 326 g/mol. The lowest BCUT2D eigenvalue weighted by Crippen LogP contribution is -2.38. The summed E-state index contributed by atoms with van der Waals surface area (Å²) in [5.41, 5.74) is 6.84. The quantitative estimate of drug-likeness (QED) is 0.786. The Hall–Kier alpha value is -1.59. The van der Waals surface area contributed by atoms with E-state index >= 15 is 0 Å². The Kier molecular flexibility index (Phi) is 8.79. The number of nitrogens with zero attached hydrogens (tertiary/aromatic N) is 1. The molecule has 0 aromatic heterocycles. The molecule has 0 bridgehead atoms. The van der Waals surface area contributed by atoms with Crippen LogP contribution in [0.4, 0.5) is 0 Å². The molecule has 0 saturated carbocycles. The van der Waals surface area contributed by atoms with Crippen molar-refractivity contribution >= 4 is 24.2 Å². The third-order valence-corrected chi connectivity index (χ3v) is 4.20. The van der Waals surface area contributed by atoms with Crippen molar-refractivity contribution < 1.29 is 9.59 Å². The lowest BCUT2D eigenvalue weighted by molar-refractivity contribution is -0.130. The number of carbonyl (C=O) groups excluding carboxylic acids is 2. The number of hydrogen-bond acceptors (Lipinski definition) is 3. The first-order valence-electron chi connectivity index (χ1n) is 8.41. The molecule has 5 nitrogen and oxygen atoms in total. The monoisotopic (exact) mass is 353 g/mol. The maximum atomic E-state index is 12.3. The van der Waals surface area contributed by atoms with Gasteiger partial charge in [0.25, 0.3) is 0 Å². The molecule has 0 radical (unpaired) electrons. The second-order valence-corrected chi connectivity index (χ2v) is 6.39. The average molecular weight is 354 g/mol. The number of carbonyl (C=O) groups is 2. The third kappa shape index (κ3) is 6.89. The van der Waals surface area contributed by atoms with E-state index < -0.39 is 0 Å². The standard InChI is InChI=1S/C18H27N3O2.ClH/c1-14(19)7-9-17(22)20-16-11-12-21(13-16)18(23)10-8-15-5-3-2-4-6-15;/h2-6,14,16H,7-13,19H2,1H3,(H,20,22);1H. The molecule has 6 heteroatoms. The number of nitrogens with one attached hydrogen (secondary N) is 1. The van der Waals surface area contributed by atoms with Crippen LogP contribution in [0.5, 0.6) is 0 Å². The Morgan fingerprint density at radius 1 is 1.29 bits per heavy atom. The minimum Gasteiger partial charge on any atom is -0.352 e. The molecule has 1 saturated heterocycles. The van der Waals surface area contributed by atoms with Gasteiger partial charge in [-0.05, 0) is 31.7 Å². The van der Waals surface area contributed by atoms with Gasteiger partial charge in [0.15, 0.2) is 0 Å². The van der Waals surface area contributed by atoms with E-state index in [4.69, 9.17) is 5.73 Å². The van der Waals surface area contributed by atoms with Gasteiger partial charge >= 0.3 is 0 Å². The molecular formula is C18H28ClN3O2. The number of aryl methyl sites for hydroxylation is 1. The summed E-state index contributed by atoms with van der Waals surface area (Å²) >= 11 is 0. The van der Waals surface area contributed by atoms with Crippen LogP contribution in [0.3, 0.4) is 0 Å². The maximum Gasteiger partial charge on any atom is 0.222 e. The summed E-state index contributed by atoms with van der Waals surface area (Å²) in [6.07, 6.45) is 3.27. The van der Waals surface area contributed by atoms with Gasteiger partial charge < -0.3 is 16.0 Å². The van der Waals surface area contributed by atoms with Gasteiger partial charge in [-0.1, -0.05) is 30.3 Å². The summed E-state index contributed by atoms with van der Waals surface area (Å²) in [7, 11) is 0. The summed E-state index contributed by atoms with van der Waals surface area (Å²) < 4.78 is 0. The molecule has 3 N–H and O–H groups in total. The number of amides is 2. The fourth-order valence-corrected chi connectivity index (χ4v) is 2.82. The van der Waals surface area contributed by atoms with Crippen molar-refractivity contribution in [3.63, 3.8) is 0 Å². The van der Waals surface area contributed by atoms with Crippen molar-refractivity contribution in [2.45, 2.75) is 51.1 Å². The fourth-order valence-electron chi connectivity index (χ4n) is 2.82. The van der Waals surface area contributed by atoms with E-state index in [0.717, 1.165) is 19.4 Å². The van der Waals surface area contributed by atoms with Gasteiger partial charge in [0, 0.05) is 38.0 Å². The van der Waals surface area contributed by atoms with Crippen LogP contribution in [0.2, 0.25) is 0 Å². The van der Waals surface area contributed by atoms with E-state index in [-0.39, 0.29) is 36.3 Å². The predicted molar refractivity (Wildman–Crippen MR) is 98.0 cm³/mol. The molecule has 1 aromatic rings. The number of nitrogens with two attached hydrogens (primary N) is 1. The highest BCUT2D eigenvalue weighted by atomic mass is 35.5. The predicted octanol–water partition coefficient (Wildman–Crippen LogP) is 1.89. The number of hydrogen-bond donors (Lipinski definition) is 2. The van der Waals surface area contributed by atoms with Gasteiger partial charge in [0.2, 0.25) is 11.8 Å². The van der Waals surface area contributed by atoms with E-state index in [1.165, 1.54) is 5.56 Å². The highest BCUT2D eigenvalue weighted by Gasteiger charge is 2.26. The zero-order valence-corrected chi connectivity index (χ0v) is 15.1. The number of halogens is 1. The van der Waals surface area contributed by atoms with Crippen LogP contribution in [0.1, 0.15) is 38.2 Å². The van der Waals surface area contributed by atoms with E-state index in [0.29, 0.717) is 25.8 Å². The number of benzene rings is 1. The highest BCUT2D eigenvalue weighted by molar-refractivity contribution is 5.85. The molecule has 134 valence electrons. The molecule has 2 rings (SSSR count). The van der Waals surface area contributed by atoms with Crippen molar-refractivity contribution in [3.05, 3.63) is 35.9 Å². The van der Waals surface area contributed by atoms with Crippen LogP contribution < -0.4 is 11.1 Å². The van der Waals surface area contributed by atoms with Crippen LogP contribution in [-0.2, 0) is 16.0 Å². The van der Waals surface area contributed by atoms with Crippen LogP contribution in [0.15, 0.2) is 30.3 Å². The third-order valence-electron chi connectivity index (χ3n) is 4.20. The minimum absolute atomic E-state index is 0. The lowest BCUT2D eigenvalue weighted by Gasteiger charge is -2.17. The first-order chi connectivity index (χ1) is 11.0. The van der Waals surface area contributed by atoms with E-state index in [9.17, 15) is 9.59 Å². The van der Waals surface area contributed by atoms with Crippen molar-refractivity contribution in [2.24, 2.45) is 5.73 Å². The molecule has 2 atom stereocenters. The van der Waals surface area contributed by atoms with E-state index in [2.05, 4.69) is 5.32 Å². The Morgan fingerprint density at radius 3 is 2.67 bits per heavy atom. The topological polar surface area (TPSA) is 75.4 Å². The molecule has 24 heavy (non-hydrogen) atoms. The fraction of sp³-hybridized carbons (Fsp3) is 0.556. The normalized spacial score (nSPS) is 17.9. The molecule has 1 aromatic carbocycles. The van der Waals surface area contributed by atoms with Crippen molar-refractivity contribution in [1.29, 1.82) is 0 Å². The summed E-state index contributed by atoms with van der Waals surface area (Å²) in [6, 6.07) is 10.2. The second kappa shape index (κ2) is 10.3. The number of rotatable bonds is 7. The Morgan fingerprint density at radius 2 is 2.00 bits per heavy atom. The molecule has 0 aliphatic carbocycles. The van der Waals surface area contributed by atoms with Crippen LogP contribution >= 0.6 is 12.4 Å². The smallest absolute Gasteiger partial charge is 0.222 e. The van der Waals surface area contributed by atoms with E-state index in [1.54, 1.807) is 0 Å². The number of likely N-dealkylation sites (tertiary alicyclic amines) is 1. The van der Waals surface area contributed by atoms with Crippen LogP contribution in [-0.4, -0.2) is 41.9 Å². The Labute approximate surface area is 150 Å². The molecule has 1 aliphatic rings. The van der Waals surface area contributed by atoms with Gasteiger partial charge in [0.1, 0.15) is 0 Å². The van der Waals surface area contributed by atoms with E-state index in [1.807, 2.05) is 42.2 Å². The van der Waals surface area contributed by atoms with Crippen molar-refractivity contribution in [2.75, 3.05) is 13.1 Å². The van der Waals surface area contributed by atoms with Gasteiger partial charge in [-0.25, -0.2) is 0 Å². The minimum atomic E-state index is 0. The molecule has 2 amide bonds. The van der Waals surface area contributed by atoms with Gasteiger partial charge in [-0.15, -0.1) is 12.4 Å². The Bertz CT molecular complexity index is 522. The van der Waals surface area contributed by atoms with Gasteiger partial charge in [0.05, 0.1) is 0 Å². The summed E-state index contributed by atoms with van der Waals surface area (Å²) in [5, 5.41) is 3.00. The second-order valence-electron chi connectivity index (χ2n) is 6.39. The summed E-state index contributed by atoms with van der Waals surface area (Å²) in [5.74, 6) is 0.201. The SMILES string of the molecule is CC(N)CCC(=O)NC1CCN(C(=O)CCc2ccccc2)C1.Cl. The zero-order chi connectivity index (χ0) is 16.7. The molecule has 1 aliphatic heterocycles. The maximum absolute atomic E-state index is 12.3. The molecule has 1 fully saturated rings. The first kappa shape index (κ1) is 20.5. The molecule has 1 heterocycles. The van der Waals surface area contributed by atoms with Gasteiger partial charge in [-0.2, -0.15) is 0 Å². The molecule has 0 spiro atoms. The van der Waals surface area contributed by atoms with Crippen molar-refractivity contribution in [1.82, 2.24) is 10.2 Å². The van der Waals surface area contributed by atoms with Gasteiger partial charge in [-0.3, -0.25) is 9.59 Å². The Balaban J connectivity index is 0.00000288. The molecule has 2 unspecified atom stereocenters. The summed E-state index contributed by atoms with van der Waals surface area (Å²) in [4.78, 5) is 25.9. The lowest BCUT2D eigenvalue weighted by atomic mass is 10.1. The summed E-state index contributed by atoms with van der Waals surface area (Å²) in [6.45, 7) is 3.25. The largest absolute Gasteiger partial charge is 0.352 e. The van der Waals surface area contributed by atoms with Crippen LogP contribution in [0, 0.1) is 0 Å². The van der Waals surface area contributed by atoms with Crippen LogP contribution in [0.25, 0.3) is 0 Å². The zero-order valence-electron chi connectivity index (χ0n) is 14.2. The van der Waals surface area contributed by atoms with Crippen molar-refractivity contribution in [3.8, 4) is 0 Å². The average Bonchev–Trinajstić information content (AvgIpc) is 3.00. The first-order valence-corrected chi connectivity index (χ1v) is 8.41. The highest BCUT2D eigenvalue weighted by Crippen LogP contribution is 2.13.